The zero-order valence-corrected chi connectivity index (χ0v) is 19.8. The van der Waals surface area contributed by atoms with Crippen molar-refractivity contribution in [3.05, 3.63) is 58.4 Å². The third-order valence-electron chi connectivity index (χ3n) is 5.29. The Kier molecular flexibility index (Phi) is 6.84. The topological polar surface area (TPSA) is 121 Å². The second-order valence-electron chi connectivity index (χ2n) is 7.63. The number of aryl methyl sites for hydroxylation is 1. The van der Waals surface area contributed by atoms with Crippen LogP contribution >= 0.6 is 11.8 Å². The van der Waals surface area contributed by atoms with Crippen LogP contribution in [0.25, 0.3) is 10.9 Å². The number of H-pyrrole nitrogens is 1. The lowest BCUT2D eigenvalue weighted by Crippen LogP contribution is -2.40. The zero-order valence-electron chi connectivity index (χ0n) is 18.2. The molecule has 1 fully saturated rings. The van der Waals surface area contributed by atoms with Crippen molar-refractivity contribution in [3.63, 3.8) is 0 Å². The third kappa shape index (κ3) is 5.11. The maximum atomic E-state index is 13.1. The molecule has 0 bridgehead atoms. The van der Waals surface area contributed by atoms with Gasteiger partial charge in [-0.1, -0.05) is 30.0 Å². The minimum atomic E-state index is -3.70. The average Bonchev–Trinajstić information content (AvgIpc) is 2.80. The number of aromatic amines is 1. The first-order valence-electron chi connectivity index (χ1n) is 10.4. The van der Waals surface area contributed by atoms with Gasteiger partial charge in [-0.25, -0.2) is 13.4 Å². The molecule has 1 saturated heterocycles. The Morgan fingerprint density at radius 3 is 2.70 bits per heavy atom. The molecule has 1 aliphatic heterocycles. The van der Waals surface area contributed by atoms with Crippen LogP contribution in [0.1, 0.15) is 12.5 Å². The number of aromatic nitrogens is 2. The lowest BCUT2D eigenvalue weighted by atomic mass is 10.2. The van der Waals surface area contributed by atoms with Crippen LogP contribution in [0.3, 0.4) is 0 Å². The quantitative estimate of drug-likeness (QED) is 0.404. The number of benzene rings is 2. The minimum Gasteiger partial charge on any atom is -0.379 e. The van der Waals surface area contributed by atoms with Gasteiger partial charge in [0.1, 0.15) is 0 Å². The number of nitrogens with one attached hydrogen (secondary N) is 2. The van der Waals surface area contributed by atoms with Crippen molar-refractivity contribution in [3.8, 4) is 0 Å². The molecule has 1 aromatic heterocycles. The first-order valence-corrected chi connectivity index (χ1v) is 12.7. The van der Waals surface area contributed by atoms with Crippen LogP contribution in [0.2, 0.25) is 0 Å². The first-order chi connectivity index (χ1) is 15.8. The van der Waals surface area contributed by atoms with Crippen LogP contribution in [-0.2, 0) is 19.6 Å². The predicted molar refractivity (Wildman–Crippen MR) is 127 cm³/mol. The predicted octanol–water partition coefficient (Wildman–Crippen LogP) is 2.37. The van der Waals surface area contributed by atoms with E-state index in [2.05, 4.69) is 15.3 Å². The monoisotopic (exact) mass is 488 g/mol. The van der Waals surface area contributed by atoms with Crippen molar-refractivity contribution in [2.75, 3.05) is 31.6 Å². The van der Waals surface area contributed by atoms with Gasteiger partial charge in [0.2, 0.25) is 15.9 Å². The Morgan fingerprint density at radius 2 is 1.94 bits per heavy atom. The van der Waals surface area contributed by atoms with Gasteiger partial charge in [-0.3, -0.25) is 9.59 Å². The van der Waals surface area contributed by atoms with Crippen LogP contribution < -0.4 is 10.9 Å². The smallest absolute Gasteiger partial charge is 0.259 e. The molecule has 33 heavy (non-hydrogen) atoms. The van der Waals surface area contributed by atoms with Crippen molar-refractivity contribution >= 4 is 44.3 Å². The maximum Gasteiger partial charge on any atom is 0.259 e. The Bertz CT molecular complexity index is 1350. The number of fused-ring (bicyclic) bond motifs is 1. The molecule has 0 saturated carbocycles. The van der Waals surface area contributed by atoms with Gasteiger partial charge < -0.3 is 15.0 Å². The molecule has 9 nitrogen and oxygen atoms in total. The molecule has 3 aromatic rings. The number of rotatable bonds is 6. The zero-order chi connectivity index (χ0) is 23.6. The highest BCUT2D eigenvalue weighted by Gasteiger charge is 2.28. The largest absolute Gasteiger partial charge is 0.379 e. The van der Waals surface area contributed by atoms with Gasteiger partial charge in [-0.2, -0.15) is 4.31 Å². The molecule has 4 rings (SSSR count). The molecule has 1 unspecified atom stereocenters. The Labute approximate surface area is 195 Å². The summed E-state index contributed by atoms with van der Waals surface area (Å²) < 4.78 is 32.8. The Morgan fingerprint density at radius 1 is 1.21 bits per heavy atom. The van der Waals surface area contributed by atoms with E-state index in [1.165, 1.54) is 10.4 Å². The van der Waals surface area contributed by atoms with Crippen LogP contribution in [-0.4, -0.2) is 60.2 Å². The number of carbonyl (C=O) groups excluding carboxylic acids is 1. The van der Waals surface area contributed by atoms with Crippen molar-refractivity contribution in [1.82, 2.24) is 14.3 Å². The SMILES string of the molecule is Cc1ccc(NC(=O)C(C)Sc2nc3ccccc3c(=O)[nH]2)cc1S(=O)(=O)N1CCOCC1. The first kappa shape index (κ1) is 23.4. The number of nitrogens with zero attached hydrogens (tertiary/aromatic N) is 2. The van der Waals surface area contributed by atoms with E-state index < -0.39 is 15.3 Å². The number of carbonyl (C=O) groups is 1. The molecule has 11 heteroatoms. The highest BCUT2D eigenvalue weighted by atomic mass is 32.2. The normalized spacial score (nSPS) is 15.9. The van der Waals surface area contributed by atoms with E-state index in [0.717, 1.165) is 11.8 Å². The number of ether oxygens (including phenoxy) is 1. The highest BCUT2D eigenvalue weighted by molar-refractivity contribution is 8.00. The lowest BCUT2D eigenvalue weighted by molar-refractivity contribution is -0.115. The molecule has 0 spiro atoms. The molecule has 2 heterocycles. The number of amides is 1. The van der Waals surface area contributed by atoms with Crippen molar-refractivity contribution < 1.29 is 17.9 Å². The summed E-state index contributed by atoms with van der Waals surface area (Å²) in [6.45, 7) is 4.71. The van der Waals surface area contributed by atoms with Gasteiger partial charge in [0.25, 0.3) is 5.56 Å². The molecule has 1 atom stereocenters. The van der Waals surface area contributed by atoms with Gasteiger partial charge in [-0.05, 0) is 43.7 Å². The molecular weight excluding hydrogens is 464 g/mol. The van der Waals surface area contributed by atoms with Crippen LogP contribution in [0.5, 0.6) is 0 Å². The number of morpholine rings is 1. The molecule has 2 N–H and O–H groups in total. The summed E-state index contributed by atoms with van der Waals surface area (Å²) in [5, 5.41) is 2.99. The Balaban J connectivity index is 1.50. The van der Waals surface area contributed by atoms with E-state index in [0.29, 0.717) is 53.6 Å². The summed E-state index contributed by atoms with van der Waals surface area (Å²) in [6, 6.07) is 11.8. The fourth-order valence-electron chi connectivity index (χ4n) is 3.47. The van der Waals surface area contributed by atoms with Crippen molar-refractivity contribution in [2.24, 2.45) is 0 Å². The Hall–Kier alpha value is -2.73. The van der Waals surface area contributed by atoms with Gasteiger partial charge in [0.05, 0.1) is 34.3 Å². The van der Waals surface area contributed by atoms with E-state index in [4.69, 9.17) is 4.74 Å². The van der Waals surface area contributed by atoms with Crippen molar-refractivity contribution in [1.29, 1.82) is 0 Å². The number of sulfonamides is 1. The molecular formula is C22H24N4O5S2. The van der Waals surface area contributed by atoms with Crippen molar-refractivity contribution in [2.45, 2.75) is 29.1 Å². The summed E-state index contributed by atoms with van der Waals surface area (Å²) in [7, 11) is -3.70. The second kappa shape index (κ2) is 9.64. The van der Waals surface area contributed by atoms with E-state index in [-0.39, 0.29) is 16.4 Å². The number of hydrogen-bond acceptors (Lipinski definition) is 7. The van der Waals surface area contributed by atoms with E-state index in [1.807, 2.05) is 0 Å². The van der Waals surface area contributed by atoms with Crippen LogP contribution in [0.4, 0.5) is 5.69 Å². The molecule has 0 aliphatic carbocycles. The molecule has 174 valence electrons. The van der Waals surface area contributed by atoms with E-state index in [9.17, 15) is 18.0 Å². The highest BCUT2D eigenvalue weighted by Crippen LogP contribution is 2.26. The standard InChI is InChI=1S/C22H24N4O5S2/c1-14-7-8-16(13-19(14)33(29,30)26-9-11-31-12-10-26)23-20(27)15(2)32-22-24-18-6-4-3-5-17(18)21(28)25-22/h3-8,13,15H,9-12H2,1-2H3,(H,23,27)(H,24,25,28). The average molecular weight is 489 g/mol. The van der Waals surface area contributed by atoms with Crippen LogP contribution in [0, 0.1) is 6.92 Å². The number of hydrogen-bond donors (Lipinski definition) is 2. The van der Waals surface area contributed by atoms with E-state index >= 15 is 0 Å². The molecule has 1 amide bonds. The third-order valence-corrected chi connectivity index (χ3v) is 8.32. The summed E-state index contributed by atoms with van der Waals surface area (Å²) in [6.07, 6.45) is 0. The summed E-state index contributed by atoms with van der Waals surface area (Å²) >= 11 is 1.12. The van der Waals surface area contributed by atoms with Crippen LogP contribution in [0.15, 0.2) is 57.3 Å². The van der Waals surface area contributed by atoms with E-state index in [1.54, 1.807) is 50.2 Å². The minimum absolute atomic E-state index is 0.156. The lowest BCUT2D eigenvalue weighted by Gasteiger charge is -2.27. The summed E-state index contributed by atoms with van der Waals surface area (Å²) in [5.41, 5.74) is 1.25. The van der Waals surface area contributed by atoms with Gasteiger partial charge in [-0.15, -0.1) is 0 Å². The fraction of sp³-hybridized carbons (Fsp3) is 0.318. The number of anilines is 1. The van der Waals surface area contributed by atoms with Gasteiger partial charge in [0, 0.05) is 18.8 Å². The number of para-hydroxylation sites is 1. The maximum absolute atomic E-state index is 13.1. The molecule has 2 aromatic carbocycles. The molecule has 0 radical (unpaired) electrons. The summed E-state index contributed by atoms with van der Waals surface area (Å²) in [5.74, 6) is -0.339. The molecule has 1 aliphatic rings. The number of thioether (sulfide) groups is 1. The summed E-state index contributed by atoms with van der Waals surface area (Å²) in [4.78, 5) is 32.3. The second-order valence-corrected chi connectivity index (χ2v) is 10.9. The fourth-order valence-corrected chi connectivity index (χ4v) is 5.93. The van der Waals surface area contributed by atoms with Gasteiger partial charge in [0.15, 0.2) is 5.16 Å². The van der Waals surface area contributed by atoms with Gasteiger partial charge >= 0.3 is 0 Å².